The fourth-order valence-corrected chi connectivity index (χ4v) is 2.69. The smallest absolute Gasteiger partial charge is 0.460 e. The lowest BCUT2D eigenvalue weighted by Gasteiger charge is -2.48. The summed E-state index contributed by atoms with van der Waals surface area (Å²) in [5, 5.41) is 0.619. The van der Waals surface area contributed by atoms with Gasteiger partial charge in [-0.25, -0.2) is 0 Å². The number of nitrogens with zero attached hydrogens (tertiary/aromatic N) is 2. The highest BCUT2D eigenvalue weighted by Gasteiger charge is 2.94. The molecule has 0 radical (unpaired) electrons. The van der Waals surface area contributed by atoms with Gasteiger partial charge < -0.3 is 33.8 Å². The molecule has 0 spiro atoms. The Morgan fingerprint density at radius 1 is 0.545 bits per heavy atom. The topological polar surface area (TPSA) is 32.3 Å². The molecule has 27 heteroatoms. The number of hydrogen-bond donors (Lipinski definition) is 1. The third kappa shape index (κ3) is 7.26. The molecule has 0 aromatic rings. The van der Waals surface area contributed by atoms with Crippen molar-refractivity contribution in [2.75, 3.05) is 34.2 Å². The Kier molecular flexibility index (Phi) is 12.5. The summed E-state index contributed by atoms with van der Waals surface area (Å²) in [5.74, 6) is -47.1. The number of nitrogens with one attached hydrogen (secondary N) is 1. The van der Waals surface area contributed by atoms with Gasteiger partial charge in [0.05, 0.1) is 27.7 Å². The second-order valence-corrected chi connectivity index (χ2v) is 9.45. The molecule has 0 atom stereocenters. The van der Waals surface area contributed by atoms with Crippen LogP contribution in [0.5, 0.6) is 0 Å². The van der Waals surface area contributed by atoms with E-state index in [4.69, 9.17) is 0 Å². The first kappa shape index (κ1) is 44.7. The first-order valence-electron chi connectivity index (χ1n) is 10.3. The molecule has 0 bridgehead atoms. The van der Waals surface area contributed by atoms with Gasteiger partial charge in [0.15, 0.2) is 0 Å². The first-order chi connectivity index (χ1) is 18.2. The number of quaternary nitrogens is 1. The zero-order valence-electron chi connectivity index (χ0n) is 21.1. The molecule has 0 unspecified atom stereocenters. The Bertz CT molecular complexity index is 949. The van der Waals surface area contributed by atoms with Gasteiger partial charge in [0.25, 0.3) is 5.91 Å². The van der Waals surface area contributed by atoms with Crippen molar-refractivity contribution in [1.29, 1.82) is 0 Å². The van der Waals surface area contributed by atoms with Gasteiger partial charge in [-0.2, -0.15) is 96.6 Å². The SMILES string of the molecule is C[N+](C)(C)CCCNC(=O)C(F)(F)C(F)(F)N(C(F)(F)C(F)(F)C(F)(F)C(F)(F)F)C(F)(F)C(F)(F)C(F)(F)C(F)(F)F.[I-]. The van der Waals surface area contributed by atoms with Gasteiger partial charge in [0, 0.05) is 13.0 Å². The van der Waals surface area contributed by atoms with Crippen molar-refractivity contribution < 1.29 is 130 Å². The highest BCUT2D eigenvalue weighted by Crippen LogP contribution is 2.63. The van der Waals surface area contributed by atoms with Crippen LogP contribution < -0.4 is 29.3 Å². The maximum Gasteiger partial charge on any atom is 0.460 e. The van der Waals surface area contributed by atoms with E-state index in [-0.39, 0.29) is 35.0 Å². The second-order valence-electron chi connectivity index (χ2n) is 9.45. The van der Waals surface area contributed by atoms with Crippen molar-refractivity contribution >= 4 is 5.91 Å². The number of halogens is 23. The molecule has 0 aromatic heterocycles. The average Bonchev–Trinajstić information content (AvgIpc) is 2.72. The number of rotatable bonds is 13. The number of hydrogen-bond acceptors (Lipinski definition) is 2. The van der Waals surface area contributed by atoms with E-state index in [1.54, 1.807) is 0 Å². The first-order valence-corrected chi connectivity index (χ1v) is 10.3. The number of alkyl halides is 22. The predicted molar refractivity (Wildman–Crippen MR) is 94.1 cm³/mol. The van der Waals surface area contributed by atoms with E-state index >= 15 is 0 Å². The molecule has 266 valence electrons. The van der Waals surface area contributed by atoms with Crippen molar-refractivity contribution in [3.05, 3.63) is 0 Å². The van der Waals surface area contributed by atoms with Gasteiger partial charge in [0.2, 0.25) is 0 Å². The van der Waals surface area contributed by atoms with Crippen LogP contribution in [0.4, 0.5) is 96.6 Å². The molecule has 4 nitrogen and oxygen atoms in total. The maximum absolute atomic E-state index is 14.5. The Morgan fingerprint density at radius 3 is 1.09 bits per heavy atom. The molecule has 44 heavy (non-hydrogen) atoms. The van der Waals surface area contributed by atoms with E-state index in [0.29, 0.717) is 5.32 Å². The van der Waals surface area contributed by atoms with Crippen LogP contribution in [-0.4, -0.2) is 110 Å². The highest BCUT2D eigenvalue weighted by atomic mass is 127. The number of carbonyl (C=O) groups is 1. The molecule has 0 saturated heterocycles. The molecular weight excluding hydrogens is 807 g/mol. The summed E-state index contributed by atoms with van der Waals surface area (Å²) in [6.07, 6.45) is -17.0. The van der Waals surface area contributed by atoms with Crippen molar-refractivity contribution in [1.82, 2.24) is 10.2 Å². The van der Waals surface area contributed by atoms with Crippen LogP contribution in [0.1, 0.15) is 6.42 Å². The minimum atomic E-state index is -9.27. The Balaban J connectivity index is 0. The largest absolute Gasteiger partial charge is 1.00 e. The summed E-state index contributed by atoms with van der Waals surface area (Å²) >= 11 is 0. The van der Waals surface area contributed by atoms with Crippen LogP contribution in [0, 0.1) is 0 Å². The van der Waals surface area contributed by atoms with Crippen molar-refractivity contribution in [2.45, 2.75) is 66.5 Å². The minimum absolute atomic E-state index is 0. The molecule has 1 N–H and O–H groups in total. The highest BCUT2D eigenvalue weighted by molar-refractivity contribution is 5.84. The quantitative estimate of drug-likeness (QED) is 0.101. The van der Waals surface area contributed by atoms with E-state index in [9.17, 15) is 101 Å². The van der Waals surface area contributed by atoms with Crippen LogP contribution >= 0.6 is 0 Å². The van der Waals surface area contributed by atoms with Crippen LogP contribution in [0.15, 0.2) is 0 Å². The second kappa shape index (κ2) is 12.3. The van der Waals surface area contributed by atoms with Gasteiger partial charge in [0.1, 0.15) is 0 Å². The molecule has 0 heterocycles. The van der Waals surface area contributed by atoms with Crippen LogP contribution in [0.3, 0.4) is 0 Å². The lowest BCUT2D eigenvalue weighted by molar-refractivity contribution is -0.870. The molecule has 0 fully saturated rings. The summed E-state index contributed by atoms with van der Waals surface area (Å²) in [6, 6.07) is -27.2. The van der Waals surface area contributed by atoms with Gasteiger partial charge in [-0.05, 0) is 0 Å². The van der Waals surface area contributed by atoms with Gasteiger partial charge >= 0.3 is 60.1 Å². The molecule has 0 rings (SSSR count). The van der Waals surface area contributed by atoms with E-state index < -0.39 is 83.9 Å². The van der Waals surface area contributed by atoms with E-state index in [0.717, 1.165) is 0 Å². The Morgan fingerprint density at radius 2 is 0.841 bits per heavy atom. The lowest BCUT2D eigenvalue weighted by atomic mass is 10.0. The van der Waals surface area contributed by atoms with Crippen molar-refractivity contribution in [2.24, 2.45) is 0 Å². The standard InChI is InChI=1S/C17H15F22N3O.HI/c1-42(2,3)6-4-5-40-7(43)8(18,19)15(34,35)41(16(36,37)11(24,25)9(20,21)13(28,29)30)17(38,39)12(26,27)10(22,23)14(31,32)33;/h4-6H2,1-3H3;1H. The van der Waals surface area contributed by atoms with Gasteiger partial charge in [-0.1, -0.05) is 0 Å². The number of carbonyl (C=O) groups excluding carboxylic acids is 1. The van der Waals surface area contributed by atoms with E-state index in [1.165, 1.54) is 21.1 Å². The summed E-state index contributed by atoms with van der Waals surface area (Å²) in [5.41, 5.74) is 0. The predicted octanol–water partition coefficient (Wildman–Crippen LogP) is 3.58. The van der Waals surface area contributed by atoms with Gasteiger partial charge in [-0.15, -0.1) is 4.90 Å². The maximum atomic E-state index is 14.5. The third-order valence-corrected chi connectivity index (χ3v) is 5.05. The van der Waals surface area contributed by atoms with Crippen LogP contribution in [-0.2, 0) is 4.79 Å². The van der Waals surface area contributed by atoms with Crippen molar-refractivity contribution in [3.63, 3.8) is 0 Å². The summed E-state index contributed by atoms with van der Waals surface area (Å²) < 4.78 is 296. The normalized spacial score (nSPS) is 15.8. The average molecular weight is 823 g/mol. The fraction of sp³-hybridized carbons (Fsp3) is 0.941. The van der Waals surface area contributed by atoms with Crippen LogP contribution in [0.2, 0.25) is 0 Å². The monoisotopic (exact) mass is 823 g/mol. The number of amides is 1. The summed E-state index contributed by atoms with van der Waals surface area (Å²) in [7, 11) is 4.04. The van der Waals surface area contributed by atoms with Crippen LogP contribution in [0.25, 0.3) is 0 Å². The fourth-order valence-electron chi connectivity index (χ4n) is 2.69. The van der Waals surface area contributed by atoms with E-state index in [1.807, 2.05) is 0 Å². The molecular formula is C17H16F22IN3O. The molecule has 0 aromatic carbocycles. The summed E-state index contributed by atoms with van der Waals surface area (Å²) in [6.45, 7) is -1.54. The molecule has 0 aliphatic heterocycles. The molecule has 0 aliphatic rings. The lowest BCUT2D eigenvalue weighted by Crippen LogP contribution is -3.00. The zero-order valence-corrected chi connectivity index (χ0v) is 23.3. The van der Waals surface area contributed by atoms with E-state index in [2.05, 4.69) is 0 Å². The van der Waals surface area contributed by atoms with Gasteiger partial charge in [-0.3, -0.25) is 4.79 Å². The zero-order chi connectivity index (χ0) is 35.5. The molecule has 0 aliphatic carbocycles. The Hall–Kier alpha value is -1.42. The van der Waals surface area contributed by atoms with Crippen molar-refractivity contribution in [3.8, 4) is 0 Å². The Labute approximate surface area is 247 Å². The minimum Gasteiger partial charge on any atom is -1.00 e. The third-order valence-electron chi connectivity index (χ3n) is 5.05. The molecule has 1 amide bonds. The molecule has 0 saturated carbocycles. The summed E-state index contributed by atoms with van der Waals surface area (Å²) in [4.78, 5) is 6.11.